The quantitative estimate of drug-likeness (QED) is 0.528. The lowest BCUT2D eigenvalue weighted by atomic mass is 10.2. The second kappa shape index (κ2) is 4.57. The van der Waals surface area contributed by atoms with E-state index < -0.39 is 6.10 Å². The van der Waals surface area contributed by atoms with Crippen molar-refractivity contribution >= 4 is 0 Å². The van der Waals surface area contributed by atoms with Crippen LogP contribution in [0.4, 0.5) is 0 Å². The number of aliphatic hydroxyl groups is 2. The van der Waals surface area contributed by atoms with Gasteiger partial charge in [0.05, 0.1) is 18.6 Å². The highest BCUT2D eigenvalue weighted by molar-refractivity contribution is 4.74. The van der Waals surface area contributed by atoms with Gasteiger partial charge in [-0.1, -0.05) is 0 Å². The maximum atomic E-state index is 8.67. The Bertz CT molecular complexity index is 86.9. The van der Waals surface area contributed by atoms with E-state index in [0.29, 0.717) is 6.42 Å². The van der Waals surface area contributed by atoms with Crippen LogP contribution in [0.3, 0.4) is 0 Å². The van der Waals surface area contributed by atoms with Crippen LogP contribution >= 0.6 is 0 Å². The van der Waals surface area contributed by atoms with Crippen molar-refractivity contribution in [3.63, 3.8) is 0 Å². The number of hydrogen-bond acceptors (Lipinski definition) is 3. The van der Waals surface area contributed by atoms with Gasteiger partial charge in [-0.3, -0.25) is 0 Å². The first-order valence-electron chi connectivity index (χ1n) is 2.47. The number of nitriles is 1. The molecule has 0 unspecified atom stereocenters. The molecule has 0 aliphatic heterocycles. The minimum Gasteiger partial charge on any atom is -0.396 e. The van der Waals surface area contributed by atoms with E-state index in [-0.39, 0.29) is 13.0 Å². The molecule has 8 heavy (non-hydrogen) atoms. The number of aliphatic hydroxyl groups excluding tert-OH is 2. The van der Waals surface area contributed by atoms with Gasteiger partial charge in [0.2, 0.25) is 0 Å². The Morgan fingerprint density at radius 3 is 2.62 bits per heavy atom. The van der Waals surface area contributed by atoms with E-state index in [4.69, 9.17) is 15.5 Å². The molecular formula is C5H9NO2. The van der Waals surface area contributed by atoms with E-state index in [1.807, 2.05) is 0 Å². The lowest BCUT2D eigenvalue weighted by Gasteiger charge is -1.99. The molecule has 0 rings (SSSR count). The zero-order chi connectivity index (χ0) is 6.41. The summed E-state index contributed by atoms with van der Waals surface area (Å²) < 4.78 is 0. The Labute approximate surface area is 48.2 Å². The van der Waals surface area contributed by atoms with Crippen molar-refractivity contribution in [2.45, 2.75) is 18.9 Å². The molecule has 0 amide bonds. The monoisotopic (exact) mass is 115 g/mol. The Balaban J connectivity index is 3.08. The molecule has 0 fully saturated rings. The van der Waals surface area contributed by atoms with Crippen molar-refractivity contribution in [1.82, 2.24) is 0 Å². The zero-order valence-corrected chi connectivity index (χ0v) is 4.54. The van der Waals surface area contributed by atoms with Gasteiger partial charge in [0.25, 0.3) is 0 Å². The second-order valence-electron chi connectivity index (χ2n) is 1.53. The van der Waals surface area contributed by atoms with Crippen LogP contribution in [0.15, 0.2) is 0 Å². The lowest BCUT2D eigenvalue weighted by Crippen LogP contribution is -2.06. The molecule has 0 aromatic rings. The molecule has 3 heteroatoms. The Morgan fingerprint density at radius 2 is 2.25 bits per heavy atom. The zero-order valence-electron chi connectivity index (χ0n) is 4.54. The first kappa shape index (κ1) is 7.41. The molecule has 0 aliphatic carbocycles. The van der Waals surface area contributed by atoms with Crippen LogP contribution < -0.4 is 0 Å². The molecule has 0 aromatic heterocycles. The molecule has 3 nitrogen and oxygen atoms in total. The molecule has 0 aromatic carbocycles. The fourth-order valence-electron chi connectivity index (χ4n) is 0.356. The summed E-state index contributed by atoms with van der Waals surface area (Å²) in [5, 5.41) is 24.8. The summed E-state index contributed by atoms with van der Waals surface area (Å²) in [7, 11) is 0. The minimum atomic E-state index is -0.648. The van der Waals surface area contributed by atoms with Gasteiger partial charge in [0, 0.05) is 6.61 Å². The molecule has 0 saturated carbocycles. The molecule has 0 aliphatic rings. The highest BCUT2D eigenvalue weighted by Gasteiger charge is 1.99. The topological polar surface area (TPSA) is 64.2 Å². The molecule has 1 atom stereocenters. The van der Waals surface area contributed by atoms with Gasteiger partial charge >= 0.3 is 0 Å². The third-order valence-electron chi connectivity index (χ3n) is 0.789. The smallest absolute Gasteiger partial charge is 0.0691 e. The average molecular weight is 115 g/mol. The summed E-state index contributed by atoms with van der Waals surface area (Å²) >= 11 is 0. The van der Waals surface area contributed by atoms with Crippen LogP contribution in [0, 0.1) is 11.3 Å². The van der Waals surface area contributed by atoms with Crippen molar-refractivity contribution < 1.29 is 10.2 Å². The number of rotatable bonds is 3. The molecule has 2 N–H and O–H groups in total. The van der Waals surface area contributed by atoms with E-state index in [1.54, 1.807) is 6.07 Å². The highest BCUT2D eigenvalue weighted by atomic mass is 16.3. The van der Waals surface area contributed by atoms with E-state index in [2.05, 4.69) is 0 Å². The fourth-order valence-corrected chi connectivity index (χ4v) is 0.356. The Hall–Kier alpha value is -0.590. The molecule has 46 valence electrons. The molecule has 0 radical (unpaired) electrons. The van der Waals surface area contributed by atoms with Crippen molar-refractivity contribution in [3.8, 4) is 6.07 Å². The van der Waals surface area contributed by atoms with Crippen molar-refractivity contribution in [2.24, 2.45) is 0 Å². The van der Waals surface area contributed by atoms with Gasteiger partial charge in [0.15, 0.2) is 0 Å². The van der Waals surface area contributed by atoms with Gasteiger partial charge < -0.3 is 10.2 Å². The Kier molecular flexibility index (Phi) is 4.23. The lowest BCUT2D eigenvalue weighted by molar-refractivity contribution is 0.137. The maximum absolute atomic E-state index is 8.67. The van der Waals surface area contributed by atoms with Gasteiger partial charge in [-0.2, -0.15) is 5.26 Å². The van der Waals surface area contributed by atoms with Gasteiger partial charge in [0.1, 0.15) is 0 Å². The average Bonchev–Trinajstić information content (AvgIpc) is 1.68. The molecule has 0 saturated heterocycles. The van der Waals surface area contributed by atoms with Crippen molar-refractivity contribution in [2.75, 3.05) is 6.61 Å². The van der Waals surface area contributed by atoms with E-state index >= 15 is 0 Å². The summed E-state index contributed by atoms with van der Waals surface area (Å²) in [5.74, 6) is 0. The first-order chi connectivity index (χ1) is 3.81. The summed E-state index contributed by atoms with van der Waals surface area (Å²) in [6, 6.07) is 1.79. The third-order valence-corrected chi connectivity index (χ3v) is 0.789. The van der Waals surface area contributed by atoms with Gasteiger partial charge in [-0.15, -0.1) is 0 Å². The standard InChI is InChI=1S/C5H9NO2/c6-3-1-5(8)2-4-7/h5,7-8H,1-2,4H2/t5-/m1/s1. The predicted molar refractivity (Wildman–Crippen MR) is 27.9 cm³/mol. The summed E-state index contributed by atoms with van der Waals surface area (Å²) in [6.45, 7) is -0.0527. The summed E-state index contributed by atoms with van der Waals surface area (Å²) in [4.78, 5) is 0. The van der Waals surface area contributed by atoms with Gasteiger partial charge in [-0.05, 0) is 6.42 Å². The van der Waals surface area contributed by atoms with Crippen LogP contribution in [0.5, 0.6) is 0 Å². The second-order valence-corrected chi connectivity index (χ2v) is 1.53. The summed E-state index contributed by atoms with van der Waals surface area (Å²) in [5.41, 5.74) is 0. The van der Waals surface area contributed by atoms with Crippen molar-refractivity contribution in [3.05, 3.63) is 0 Å². The van der Waals surface area contributed by atoms with Crippen LogP contribution in [0.25, 0.3) is 0 Å². The third kappa shape index (κ3) is 3.59. The van der Waals surface area contributed by atoms with Gasteiger partial charge in [-0.25, -0.2) is 0 Å². The minimum absolute atomic E-state index is 0.0527. The van der Waals surface area contributed by atoms with E-state index in [0.717, 1.165) is 0 Å². The normalized spacial score (nSPS) is 12.6. The molecule has 0 spiro atoms. The van der Waals surface area contributed by atoms with E-state index in [1.165, 1.54) is 0 Å². The summed E-state index contributed by atoms with van der Waals surface area (Å²) in [6.07, 6.45) is -0.237. The van der Waals surface area contributed by atoms with Crippen LogP contribution in [-0.2, 0) is 0 Å². The van der Waals surface area contributed by atoms with Crippen molar-refractivity contribution in [1.29, 1.82) is 5.26 Å². The highest BCUT2D eigenvalue weighted by Crippen LogP contribution is 1.93. The molecule has 0 bridgehead atoms. The number of nitrogens with zero attached hydrogens (tertiary/aromatic N) is 1. The van der Waals surface area contributed by atoms with Crippen LogP contribution in [0.1, 0.15) is 12.8 Å². The number of hydrogen-bond donors (Lipinski definition) is 2. The molecule has 0 heterocycles. The largest absolute Gasteiger partial charge is 0.396 e. The van der Waals surface area contributed by atoms with Crippen LogP contribution in [0.2, 0.25) is 0 Å². The van der Waals surface area contributed by atoms with Crippen LogP contribution in [-0.4, -0.2) is 22.9 Å². The molecular weight excluding hydrogens is 106 g/mol. The maximum Gasteiger partial charge on any atom is 0.0691 e. The predicted octanol–water partition coefficient (Wildman–Crippen LogP) is -0.357. The Morgan fingerprint density at radius 1 is 1.62 bits per heavy atom. The first-order valence-corrected chi connectivity index (χ1v) is 2.47. The van der Waals surface area contributed by atoms with E-state index in [9.17, 15) is 0 Å². The SMILES string of the molecule is N#CC[C@@H](O)CCO. The fraction of sp³-hybridized carbons (Fsp3) is 0.800.